The topological polar surface area (TPSA) is 115 Å². The third kappa shape index (κ3) is 6.17. The molecule has 3 aromatic heterocycles. The molecule has 0 bridgehead atoms. The van der Waals surface area contributed by atoms with E-state index in [1.165, 1.54) is 11.0 Å². The van der Waals surface area contributed by atoms with Gasteiger partial charge in [-0.05, 0) is 30.9 Å². The third-order valence-corrected chi connectivity index (χ3v) is 6.55. The van der Waals surface area contributed by atoms with Crippen LogP contribution in [0.15, 0.2) is 35.4 Å². The lowest BCUT2D eigenvalue weighted by atomic mass is 9.91. The molecule has 1 unspecified atom stereocenters. The smallest absolute Gasteiger partial charge is 0.303 e. The molecule has 1 aliphatic heterocycles. The van der Waals surface area contributed by atoms with Gasteiger partial charge in [0.25, 0.3) is 5.92 Å². The maximum absolute atomic E-state index is 14.5. The van der Waals surface area contributed by atoms with Gasteiger partial charge in [0.2, 0.25) is 5.43 Å². The number of ether oxygens (including phenoxy) is 1. The van der Waals surface area contributed by atoms with Crippen molar-refractivity contribution in [2.75, 3.05) is 18.0 Å². The van der Waals surface area contributed by atoms with Crippen LogP contribution in [0.3, 0.4) is 0 Å². The molecule has 0 spiro atoms. The maximum Gasteiger partial charge on any atom is 0.303 e. The van der Waals surface area contributed by atoms with Crippen molar-refractivity contribution in [2.24, 2.45) is 13.0 Å². The van der Waals surface area contributed by atoms with Crippen molar-refractivity contribution >= 4 is 11.7 Å². The van der Waals surface area contributed by atoms with E-state index in [0.717, 1.165) is 13.0 Å². The summed E-state index contributed by atoms with van der Waals surface area (Å²) in [5.41, 5.74) is 2.48. The van der Waals surface area contributed by atoms with Gasteiger partial charge in [-0.25, -0.2) is 18.4 Å². The Labute approximate surface area is 218 Å². The molecule has 12 heteroatoms. The van der Waals surface area contributed by atoms with Crippen molar-refractivity contribution in [1.29, 1.82) is 0 Å². The molecule has 0 saturated carbocycles. The minimum Gasteiger partial charge on any atom is -0.482 e. The summed E-state index contributed by atoms with van der Waals surface area (Å²) >= 11 is 0. The van der Waals surface area contributed by atoms with Gasteiger partial charge in [0, 0.05) is 38.8 Å². The molecule has 1 saturated heterocycles. The summed E-state index contributed by atoms with van der Waals surface area (Å²) in [6.07, 6.45) is 4.01. The van der Waals surface area contributed by atoms with Crippen LogP contribution < -0.4 is 15.1 Å². The highest BCUT2D eigenvalue weighted by Gasteiger charge is 2.41. The highest BCUT2D eigenvalue weighted by Crippen LogP contribution is 2.36. The Bertz CT molecular complexity index is 1360. The van der Waals surface area contributed by atoms with Crippen molar-refractivity contribution in [3.63, 3.8) is 0 Å². The number of aromatic nitrogens is 5. The molecule has 1 atom stereocenters. The van der Waals surface area contributed by atoms with Gasteiger partial charge in [-0.15, -0.1) is 5.10 Å². The number of nitrogens with zero attached hydrogens (tertiary/aromatic N) is 6. The SMILES string of the molecule is CCCn1ccc(=O)c(OCc2c(-c3ccc(N4CC(CC(=O)O)CC(F)(F)C4)c(CC)n3)nnn2C)c1. The summed E-state index contributed by atoms with van der Waals surface area (Å²) < 4.78 is 38.3. The number of hydrogen-bond acceptors (Lipinski definition) is 7. The van der Waals surface area contributed by atoms with Crippen molar-refractivity contribution in [3.8, 4) is 17.1 Å². The monoisotopic (exact) mass is 530 g/mol. The van der Waals surface area contributed by atoms with E-state index in [4.69, 9.17) is 14.8 Å². The highest BCUT2D eigenvalue weighted by molar-refractivity contribution is 5.67. The lowest BCUT2D eigenvalue weighted by Crippen LogP contribution is -2.48. The summed E-state index contributed by atoms with van der Waals surface area (Å²) in [5.74, 6) is -4.53. The molecule has 1 aliphatic rings. The molecule has 38 heavy (non-hydrogen) atoms. The van der Waals surface area contributed by atoms with Crippen LogP contribution in [-0.2, 0) is 31.4 Å². The van der Waals surface area contributed by atoms with E-state index in [1.54, 1.807) is 36.3 Å². The van der Waals surface area contributed by atoms with Crippen LogP contribution in [0.25, 0.3) is 11.4 Å². The largest absolute Gasteiger partial charge is 0.482 e. The fourth-order valence-electron chi connectivity index (χ4n) is 4.84. The summed E-state index contributed by atoms with van der Waals surface area (Å²) in [6.45, 7) is 4.43. The van der Waals surface area contributed by atoms with Crippen molar-refractivity contribution < 1.29 is 23.4 Å². The standard InChI is InChI=1S/C26H32F2N6O4/c1-4-9-33-10-8-22(35)23(14-33)38-15-21-25(30-31-32(21)3)19-6-7-20(18(5-2)29-19)34-13-17(11-24(36)37)12-26(27,28)16-34/h6-8,10,14,17H,4-5,9,11-13,15-16H2,1-3H3,(H,36,37). The second-order valence-corrected chi connectivity index (χ2v) is 9.63. The second kappa shape index (κ2) is 11.3. The average Bonchev–Trinajstić information content (AvgIpc) is 3.22. The lowest BCUT2D eigenvalue weighted by molar-refractivity contribution is -0.139. The number of carboxylic acids is 1. The number of rotatable bonds is 10. The van der Waals surface area contributed by atoms with E-state index in [-0.39, 0.29) is 30.8 Å². The van der Waals surface area contributed by atoms with Crippen LogP contribution in [0.1, 0.15) is 44.5 Å². The molecule has 1 fully saturated rings. The minimum atomic E-state index is -3.00. The third-order valence-electron chi connectivity index (χ3n) is 6.55. The molecule has 0 amide bonds. The summed E-state index contributed by atoms with van der Waals surface area (Å²) in [7, 11) is 1.71. The summed E-state index contributed by atoms with van der Waals surface area (Å²) in [5, 5.41) is 17.5. The molecule has 3 aromatic rings. The van der Waals surface area contributed by atoms with Crippen LogP contribution >= 0.6 is 0 Å². The number of hydrogen-bond donors (Lipinski definition) is 1. The number of piperidine rings is 1. The Morgan fingerprint density at radius 1 is 1.26 bits per heavy atom. The van der Waals surface area contributed by atoms with E-state index in [2.05, 4.69) is 10.3 Å². The zero-order valence-corrected chi connectivity index (χ0v) is 21.7. The lowest BCUT2D eigenvalue weighted by Gasteiger charge is -2.39. The molecule has 0 radical (unpaired) electrons. The summed E-state index contributed by atoms with van der Waals surface area (Å²) in [4.78, 5) is 29.7. The highest BCUT2D eigenvalue weighted by atomic mass is 19.3. The molecule has 1 N–H and O–H groups in total. The quantitative estimate of drug-likeness (QED) is 0.423. The van der Waals surface area contributed by atoms with Crippen LogP contribution in [0.5, 0.6) is 5.75 Å². The number of halogens is 2. The Balaban J connectivity index is 1.59. The molecule has 4 heterocycles. The first kappa shape index (κ1) is 27.2. The molecule has 204 valence electrons. The van der Waals surface area contributed by atoms with E-state index < -0.39 is 30.8 Å². The Morgan fingerprint density at radius 3 is 2.76 bits per heavy atom. The van der Waals surface area contributed by atoms with E-state index in [0.29, 0.717) is 34.9 Å². The van der Waals surface area contributed by atoms with Gasteiger partial charge in [-0.1, -0.05) is 19.1 Å². The predicted octanol–water partition coefficient (Wildman–Crippen LogP) is 3.53. The van der Waals surface area contributed by atoms with Crippen LogP contribution in [0, 0.1) is 5.92 Å². The van der Waals surface area contributed by atoms with Gasteiger partial charge >= 0.3 is 5.97 Å². The number of pyridine rings is 2. The average molecular weight is 531 g/mol. The first-order chi connectivity index (χ1) is 18.1. The van der Waals surface area contributed by atoms with Crippen molar-refractivity contribution in [3.05, 3.63) is 52.2 Å². The Hall–Kier alpha value is -3.83. The van der Waals surface area contributed by atoms with E-state index in [1.807, 2.05) is 18.4 Å². The van der Waals surface area contributed by atoms with Gasteiger partial charge in [-0.3, -0.25) is 9.59 Å². The Kier molecular flexibility index (Phi) is 8.08. The first-order valence-electron chi connectivity index (χ1n) is 12.7. The zero-order chi connectivity index (χ0) is 27.4. The van der Waals surface area contributed by atoms with Gasteiger partial charge in [0.05, 0.1) is 36.2 Å². The fourth-order valence-corrected chi connectivity index (χ4v) is 4.84. The Morgan fingerprint density at radius 2 is 2.05 bits per heavy atom. The molecule has 4 rings (SSSR count). The molecular formula is C26H32F2N6O4. The predicted molar refractivity (Wildman–Crippen MR) is 136 cm³/mol. The molecular weight excluding hydrogens is 498 g/mol. The number of aliphatic carboxylic acids is 1. The normalized spacial score (nSPS) is 17.0. The maximum atomic E-state index is 14.5. The van der Waals surface area contributed by atoms with Crippen LogP contribution in [0.2, 0.25) is 0 Å². The molecule has 0 aromatic carbocycles. The zero-order valence-electron chi connectivity index (χ0n) is 21.7. The minimum absolute atomic E-state index is 0.0321. The van der Waals surface area contributed by atoms with Crippen LogP contribution in [0.4, 0.5) is 14.5 Å². The summed E-state index contributed by atoms with van der Waals surface area (Å²) in [6, 6.07) is 4.88. The van der Waals surface area contributed by atoms with Crippen LogP contribution in [-0.4, -0.2) is 54.6 Å². The number of alkyl halides is 2. The van der Waals surface area contributed by atoms with Gasteiger partial charge in [0.15, 0.2) is 5.75 Å². The number of carboxylic acid groups (broad SMARTS) is 1. The van der Waals surface area contributed by atoms with Gasteiger partial charge in [-0.2, -0.15) is 0 Å². The first-order valence-corrected chi connectivity index (χ1v) is 12.7. The second-order valence-electron chi connectivity index (χ2n) is 9.63. The molecule has 10 nitrogen and oxygen atoms in total. The van der Waals surface area contributed by atoms with Gasteiger partial charge in [0.1, 0.15) is 18.0 Å². The number of aryl methyl sites for hydroxylation is 3. The van der Waals surface area contributed by atoms with Gasteiger partial charge < -0.3 is 19.3 Å². The van der Waals surface area contributed by atoms with Crippen molar-refractivity contribution in [2.45, 2.75) is 58.6 Å². The van der Waals surface area contributed by atoms with E-state index >= 15 is 0 Å². The van der Waals surface area contributed by atoms with E-state index in [9.17, 15) is 18.4 Å². The number of anilines is 1. The fraction of sp³-hybridized carbons (Fsp3) is 0.500. The molecule has 0 aliphatic carbocycles. The van der Waals surface area contributed by atoms with Crippen molar-refractivity contribution in [1.82, 2.24) is 24.5 Å². The number of carbonyl (C=O) groups is 1.